The molecule has 0 bridgehead atoms. The third-order valence-electron chi connectivity index (χ3n) is 6.02. The number of carbonyl (C=O) groups is 1. The maximum absolute atomic E-state index is 13.2. The summed E-state index contributed by atoms with van der Waals surface area (Å²) in [5.74, 6) is 0. The van der Waals surface area contributed by atoms with Gasteiger partial charge in [0.2, 0.25) is 10.0 Å². The van der Waals surface area contributed by atoms with Gasteiger partial charge in [0.05, 0.1) is 4.90 Å². The molecule has 0 N–H and O–H groups in total. The predicted molar refractivity (Wildman–Crippen MR) is 110 cm³/mol. The zero-order chi connectivity index (χ0) is 20.3. The van der Waals surface area contributed by atoms with Crippen LogP contribution in [0.25, 0.3) is 0 Å². The lowest BCUT2D eigenvalue weighted by Crippen LogP contribution is -2.54. The van der Waals surface area contributed by atoms with Gasteiger partial charge in [-0.25, -0.2) is 13.2 Å². The summed E-state index contributed by atoms with van der Waals surface area (Å²) < 4.78 is 33.5. The van der Waals surface area contributed by atoms with E-state index < -0.39 is 15.6 Å². The third kappa shape index (κ3) is 4.02. The summed E-state index contributed by atoms with van der Waals surface area (Å²) in [5, 5.41) is 0. The van der Waals surface area contributed by atoms with E-state index in [0.717, 1.165) is 18.4 Å². The Labute approximate surface area is 172 Å². The van der Waals surface area contributed by atoms with Crippen molar-refractivity contribution in [1.29, 1.82) is 0 Å². The summed E-state index contributed by atoms with van der Waals surface area (Å²) in [4.78, 5) is 14.5. The molecule has 0 aromatic heterocycles. The molecule has 6 nitrogen and oxygen atoms in total. The van der Waals surface area contributed by atoms with E-state index in [9.17, 15) is 13.2 Å². The van der Waals surface area contributed by atoms with Gasteiger partial charge in [-0.2, -0.15) is 4.31 Å². The highest BCUT2D eigenvalue weighted by atomic mass is 32.2. The van der Waals surface area contributed by atoms with Crippen LogP contribution in [0.1, 0.15) is 31.2 Å². The molecule has 0 radical (unpaired) electrons. The number of sulfonamides is 1. The van der Waals surface area contributed by atoms with E-state index in [2.05, 4.69) is 0 Å². The van der Waals surface area contributed by atoms with Crippen molar-refractivity contribution in [2.45, 2.75) is 42.7 Å². The average Bonchev–Trinajstić information content (AvgIpc) is 3.18. The Bertz CT molecular complexity index is 939. The summed E-state index contributed by atoms with van der Waals surface area (Å²) in [6.07, 6.45) is 2.63. The minimum atomic E-state index is -3.53. The van der Waals surface area contributed by atoms with E-state index in [1.807, 2.05) is 36.4 Å². The van der Waals surface area contributed by atoms with Crippen LogP contribution in [0.5, 0.6) is 0 Å². The van der Waals surface area contributed by atoms with Crippen molar-refractivity contribution in [3.05, 3.63) is 66.2 Å². The number of hydrogen-bond donors (Lipinski definition) is 0. The monoisotopic (exact) mass is 414 g/mol. The van der Waals surface area contributed by atoms with Crippen molar-refractivity contribution < 1.29 is 17.9 Å². The zero-order valence-electron chi connectivity index (χ0n) is 16.4. The summed E-state index contributed by atoms with van der Waals surface area (Å²) >= 11 is 0. The second-order valence-corrected chi connectivity index (χ2v) is 9.61. The lowest BCUT2D eigenvalue weighted by Gasteiger charge is -2.43. The molecular formula is C22H26N2O4S. The fourth-order valence-corrected chi connectivity index (χ4v) is 6.33. The predicted octanol–water partition coefficient (Wildman–Crippen LogP) is 3.64. The van der Waals surface area contributed by atoms with Crippen molar-refractivity contribution >= 4 is 16.1 Å². The van der Waals surface area contributed by atoms with Gasteiger partial charge in [0.15, 0.2) is 0 Å². The smallest absolute Gasteiger partial charge is 0.410 e. The number of nitrogens with zero attached hydrogens (tertiary/aromatic N) is 2. The Morgan fingerprint density at radius 1 is 0.897 bits per heavy atom. The van der Waals surface area contributed by atoms with Crippen LogP contribution >= 0.6 is 0 Å². The molecule has 154 valence electrons. The minimum Gasteiger partial charge on any atom is -0.445 e. The van der Waals surface area contributed by atoms with Gasteiger partial charge in [0, 0.05) is 25.2 Å². The lowest BCUT2D eigenvalue weighted by molar-refractivity contribution is 0.0625. The molecule has 2 fully saturated rings. The van der Waals surface area contributed by atoms with Crippen molar-refractivity contribution in [2.75, 3.05) is 19.6 Å². The number of likely N-dealkylation sites (tertiary alicyclic amines) is 1. The quantitative estimate of drug-likeness (QED) is 0.766. The molecule has 0 atom stereocenters. The van der Waals surface area contributed by atoms with E-state index in [4.69, 9.17) is 4.74 Å². The molecule has 0 saturated carbocycles. The summed E-state index contributed by atoms with van der Waals surface area (Å²) in [7, 11) is -3.53. The Hall–Kier alpha value is -2.38. The molecule has 2 aromatic rings. The highest BCUT2D eigenvalue weighted by Crippen LogP contribution is 2.41. The maximum atomic E-state index is 13.2. The van der Waals surface area contributed by atoms with Crippen LogP contribution in [0, 0.1) is 0 Å². The normalized spacial score (nSPS) is 19.4. The molecule has 29 heavy (non-hydrogen) atoms. The second-order valence-electron chi connectivity index (χ2n) is 7.75. The van der Waals surface area contributed by atoms with Crippen LogP contribution in [0.4, 0.5) is 4.79 Å². The van der Waals surface area contributed by atoms with Crippen LogP contribution < -0.4 is 0 Å². The first-order valence-corrected chi connectivity index (χ1v) is 11.5. The molecule has 7 heteroatoms. The molecule has 2 saturated heterocycles. The van der Waals surface area contributed by atoms with Gasteiger partial charge in [-0.05, 0) is 43.4 Å². The zero-order valence-corrected chi connectivity index (χ0v) is 17.2. The summed E-state index contributed by atoms with van der Waals surface area (Å²) in [5.41, 5.74) is 0.551. The number of benzene rings is 2. The van der Waals surface area contributed by atoms with Crippen LogP contribution in [0.3, 0.4) is 0 Å². The highest BCUT2D eigenvalue weighted by molar-refractivity contribution is 7.89. The van der Waals surface area contributed by atoms with Crippen molar-refractivity contribution in [3.8, 4) is 0 Å². The number of amides is 1. The molecule has 4 rings (SSSR count). The summed E-state index contributed by atoms with van der Waals surface area (Å²) in [6, 6.07) is 18.2. The summed E-state index contributed by atoms with van der Waals surface area (Å²) in [6.45, 7) is 1.80. The lowest BCUT2D eigenvalue weighted by atomic mass is 9.86. The first kappa shape index (κ1) is 19.9. The topological polar surface area (TPSA) is 66.9 Å². The van der Waals surface area contributed by atoms with Gasteiger partial charge < -0.3 is 9.64 Å². The molecule has 1 amide bonds. The van der Waals surface area contributed by atoms with E-state index in [-0.39, 0.29) is 12.7 Å². The van der Waals surface area contributed by atoms with Gasteiger partial charge in [0.25, 0.3) is 0 Å². The Balaban J connectivity index is 1.40. The van der Waals surface area contributed by atoms with Crippen molar-refractivity contribution in [3.63, 3.8) is 0 Å². The second kappa shape index (κ2) is 8.16. The molecule has 2 aliphatic rings. The highest BCUT2D eigenvalue weighted by Gasteiger charge is 2.49. The Kier molecular flexibility index (Phi) is 5.61. The van der Waals surface area contributed by atoms with E-state index in [1.165, 1.54) is 0 Å². The Morgan fingerprint density at radius 3 is 2.17 bits per heavy atom. The molecule has 1 spiro atoms. The standard InChI is InChI=1S/C22H26N2O4S/c25-21(28-18-19-8-3-1-4-9-19)23-16-13-22(14-17-23)12-7-15-24(22)29(26,27)20-10-5-2-6-11-20/h1-6,8-11H,7,12-18H2. The molecular weight excluding hydrogens is 388 g/mol. The number of carbonyl (C=O) groups excluding carboxylic acids is 1. The van der Waals surface area contributed by atoms with Gasteiger partial charge in [0.1, 0.15) is 6.61 Å². The number of ether oxygens (including phenoxy) is 1. The fourth-order valence-electron chi connectivity index (χ4n) is 4.42. The van der Waals surface area contributed by atoms with Crippen LogP contribution in [-0.4, -0.2) is 48.9 Å². The van der Waals surface area contributed by atoms with Gasteiger partial charge in [-0.3, -0.25) is 0 Å². The SMILES string of the molecule is O=C(OCc1ccccc1)N1CCC2(CCCN2S(=O)(=O)c2ccccc2)CC1. The maximum Gasteiger partial charge on any atom is 0.410 e. The fraction of sp³-hybridized carbons (Fsp3) is 0.409. The van der Waals surface area contributed by atoms with Crippen molar-refractivity contribution in [1.82, 2.24) is 9.21 Å². The molecule has 2 aliphatic heterocycles. The van der Waals surface area contributed by atoms with Crippen LogP contribution in [-0.2, 0) is 21.4 Å². The largest absolute Gasteiger partial charge is 0.445 e. The van der Waals surface area contributed by atoms with Crippen molar-refractivity contribution in [2.24, 2.45) is 0 Å². The van der Waals surface area contributed by atoms with Gasteiger partial charge in [-0.1, -0.05) is 48.5 Å². The number of rotatable bonds is 4. The average molecular weight is 415 g/mol. The van der Waals surface area contributed by atoms with Gasteiger partial charge in [-0.15, -0.1) is 0 Å². The Morgan fingerprint density at radius 2 is 1.52 bits per heavy atom. The number of piperidine rings is 1. The first-order chi connectivity index (χ1) is 14.0. The van der Waals surface area contributed by atoms with Crippen LogP contribution in [0.15, 0.2) is 65.6 Å². The molecule has 0 unspecified atom stereocenters. The van der Waals surface area contributed by atoms with E-state index in [1.54, 1.807) is 33.5 Å². The number of hydrogen-bond acceptors (Lipinski definition) is 4. The molecule has 2 heterocycles. The minimum absolute atomic E-state index is 0.246. The molecule has 2 aromatic carbocycles. The molecule has 0 aliphatic carbocycles. The van der Waals surface area contributed by atoms with Gasteiger partial charge >= 0.3 is 6.09 Å². The third-order valence-corrected chi connectivity index (χ3v) is 8.04. The van der Waals surface area contributed by atoms with E-state index >= 15 is 0 Å². The first-order valence-electron chi connectivity index (χ1n) is 10.0. The van der Waals surface area contributed by atoms with Crippen LogP contribution in [0.2, 0.25) is 0 Å². The van der Waals surface area contributed by atoms with E-state index in [0.29, 0.717) is 37.4 Å².